The molecule has 1 aliphatic carbocycles. The van der Waals surface area contributed by atoms with Crippen LogP contribution in [-0.2, 0) is 4.74 Å². The molecule has 1 aliphatic rings. The molecule has 3 N–H and O–H groups in total. The molecule has 4 nitrogen and oxygen atoms in total. The van der Waals surface area contributed by atoms with Crippen LogP contribution < -0.4 is 11.1 Å². The third-order valence-electron chi connectivity index (χ3n) is 3.50. The number of nitrogens with two attached hydrogens (primary N) is 1. The second-order valence-corrected chi connectivity index (χ2v) is 5.95. The van der Waals surface area contributed by atoms with Crippen molar-refractivity contribution in [3.05, 3.63) is 22.3 Å². The molecule has 0 amide bonds. The van der Waals surface area contributed by atoms with E-state index in [1.807, 2.05) is 19.1 Å². The van der Waals surface area contributed by atoms with E-state index in [9.17, 15) is 0 Å². The lowest BCUT2D eigenvalue weighted by Crippen LogP contribution is -2.31. The van der Waals surface area contributed by atoms with Crippen molar-refractivity contribution in [1.29, 1.82) is 0 Å². The van der Waals surface area contributed by atoms with Crippen LogP contribution in [0.2, 0.25) is 0 Å². The molecule has 0 bridgehead atoms. The fourth-order valence-corrected chi connectivity index (χ4v) is 2.52. The van der Waals surface area contributed by atoms with Crippen LogP contribution in [0.25, 0.3) is 0 Å². The minimum absolute atomic E-state index is 0.382. The largest absolute Gasteiger partial charge is 0.376 e. The maximum absolute atomic E-state index is 5.87. The van der Waals surface area contributed by atoms with Gasteiger partial charge < -0.3 is 15.8 Å². The van der Waals surface area contributed by atoms with E-state index in [-0.39, 0.29) is 0 Å². The summed E-state index contributed by atoms with van der Waals surface area (Å²) in [6, 6.07) is 4.36. The molecular formula is C14H22BrN3O. The number of aromatic nitrogens is 1. The van der Waals surface area contributed by atoms with Crippen LogP contribution in [0.5, 0.6) is 0 Å². The molecule has 0 atom stereocenters. The maximum Gasteiger partial charge on any atom is 0.126 e. The van der Waals surface area contributed by atoms with Crippen LogP contribution in [0.4, 0.5) is 5.82 Å². The highest BCUT2D eigenvalue weighted by Crippen LogP contribution is 2.19. The molecule has 0 aliphatic heterocycles. The standard InChI is InChI=1S/C14H22BrN3O/c1-10-13(15)6-7-14(18-10)17-8-9-19-12-4-2-11(16)3-5-12/h6-7,11-12H,2-5,8-9,16H2,1H3,(H,17,18). The Kier molecular flexibility index (Phi) is 5.60. The SMILES string of the molecule is Cc1nc(NCCOC2CCC(N)CC2)ccc1Br. The van der Waals surface area contributed by atoms with Crippen LogP contribution in [0, 0.1) is 6.92 Å². The van der Waals surface area contributed by atoms with Crippen molar-refractivity contribution in [1.82, 2.24) is 4.98 Å². The Morgan fingerprint density at radius 3 is 2.79 bits per heavy atom. The van der Waals surface area contributed by atoms with E-state index in [4.69, 9.17) is 10.5 Å². The summed E-state index contributed by atoms with van der Waals surface area (Å²) in [5, 5.41) is 3.28. The average molecular weight is 328 g/mol. The van der Waals surface area contributed by atoms with E-state index in [0.717, 1.165) is 54.8 Å². The number of halogens is 1. The molecule has 2 rings (SSSR count). The molecule has 0 saturated heterocycles. The number of ether oxygens (including phenoxy) is 1. The van der Waals surface area contributed by atoms with Gasteiger partial charge in [0, 0.05) is 17.1 Å². The highest BCUT2D eigenvalue weighted by Gasteiger charge is 2.18. The van der Waals surface area contributed by atoms with E-state index in [0.29, 0.717) is 12.1 Å². The Hall–Kier alpha value is -0.650. The Morgan fingerprint density at radius 1 is 1.37 bits per heavy atom. The summed E-state index contributed by atoms with van der Waals surface area (Å²) >= 11 is 3.44. The molecular weight excluding hydrogens is 306 g/mol. The average Bonchev–Trinajstić information content (AvgIpc) is 2.41. The second-order valence-electron chi connectivity index (χ2n) is 5.10. The summed E-state index contributed by atoms with van der Waals surface area (Å²) in [6.45, 7) is 3.49. The Bertz CT molecular complexity index is 406. The van der Waals surface area contributed by atoms with E-state index in [1.165, 1.54) is 0 Å². The molecule has 0 radical (unpaired) electrons. The number of nitrogens with zero attached hydrogens (tertiary/aromatic N) is 1. The van der Waals surface area contributed by atoms with Gasteiger partial charge in [-0.3, -0.25) is 0 Å². The van der Waals surface area contributed by atoms with Crippen molar-refractivity contribution in [2.75, 3.05) is 18.5 Å². The molecule has 1 saturated carbocycles. The smallest absolute Gasteiger partial charge is 0.126 e. The summed E-state index contributed by atoms with van der Waals surface area (Å²) in [5.74, 6) is 0.898. The van der Waals surface area contributed by atoms with Crippen LogP contribution in [0.3, 0.4) is 0 Å². The van der Waals surface area contributed by atoms with E-state index < -0.39 is 0 Å². The highest BCUT2D eigenvalue weighted by molar-refractivity contribution is 9.10. The number of hydrogen-bond acceptors (Lipinski definition) is 4. The molecule has 5 heteroatoms. The van der Waals surface area contributed by atoms with Crippen LogP contribution in [0.1, 0.15) is 31.4 Å². The van der Waals surface area contributed by atoms with E-state index in [1.54, 1.807) is 0 Å². The van der Waals surface area contributed by atoms with Gasteiger partial charge in [-0.1, -0.05) is 0 Å². The van der Waals surface area contributed by atoms with Gasteiger partial charge in [0.2, 0.25) is 0 Å². The predicted octanol–water partition coefficient (Wildman–Crippen LogP) is 2.85. The molecule has 0 spiro atoms. The van der Waals surface area contributed by atoms with Crippen LogP contribution >= 0.6 is 15.9 Å². The Balaban J connectivity index is 1.65. The first-order valence-corrected chi connectivity index (χ1v) is 7.68. The van der Waals surface area contributed by atoms with Gasteiger partial charge in [-0.15, -0.1) is 0 Å². The van der Waals surface area contributed by atoms with Gasteiger partial charge in [0.05, 0.1) is 18.4 Å². The highest BCUT2D eigenvalue weighted by atomic mass is 79.9. The second kappa shape index (κ2) is 7.22. The number of anilines is 1. The van der Waals surface area contributed by atoms with E-state index >= 15 is 0 Å². The van der Waals surface area contributed by atoms with Crippen molar-refractivity contribution in [2.24, 2.45) is 5.73 Å². The zero-order chi connectivity index (χ0) is 13.7. The topological polar surface area (TPSA) is 60.2 Å². The van der Waals surface area contributed by atoms with Crippen molar-refractivity contribution >= 4 is 21.7 Å². The molecule has 106 valence electrons. The lowest BCUT2D eigenvalue weighted by Gasteiger charge is -2.26. The monoisotopic (exact) mass is 327 g/mol. The third kappa shape index (κ3) is 4.75. The third-order valence-corrected chi connectivity index (χ3v) is 4.34. The minimum atomic E-state index is 0.382. The lowest BCUT2D eigenvalue weighted by atomic mass is 9.94. The van der Waals surface area contributed by atoms with Gasteiger partial charge in [0.1, 0.15) is 5.82 Å². The molecule has 0 unspecified atom stereocenters. The fraction of sp³-hybridized carbons (Fsp3) is 0.643. The summed E-state index contributed by atoms with van der Waals surface area (Å²) in [5.41, 5.74) is 6.87. The zero-order valence-corrected chi connectivity index (χ0v) is 12.9. The van der Waals surface area contributed by atoms with E-state index in [2.05, 4.69) is 26.2 Å². The zero-order valence-electron chi connectivity index (χ0n) is 11.4. The van der Waals surface area contributed by atoms with Crippen molar-refractivity contribution in [3.8, 4) is 0 Å². The molecule has 1 aromatic heterocycles. The van der Waals surface area contributed by atoms with Crippen molar-refractivity contribution in [2.45, 2.75) is 44.8 Å². The number of pyridine rings is 1. The first kappa shape index (κ1) is 14.8. The summed E-state index contributed by atoms with van der Waals surface area (Å²) in [6.07, 6.45) is 4.76. The summed E-state index contributed by atoms with van der Waals surface area (Å²) < 4.78 is 6.89. The molecule has 0 aromatic carbocycles. The van der Waals surface area contributed by atoms with Gasteiger partial charge in [-0.05, 0) is 60.7 Å². The number of nitrogens with one attached hydrogen (secondary N) is 1. The fourth-order valence-electron chi connectivity index (χ4n) is 2.30. The molecule has 1 fully saturated rings. The minimum Gasteiger partial charge on any atom is -0.376 e. The molecule has 1 aromatic rings. The molecule has 1 heterocycles. The van der Waals surface area contributed by atoms with Gasteiger partial charge in [-0.2, -0.15) is 0 Å². The van der Waals surface area contributed by atoms with Gasteiger partial charge in [0.15, 0.2) is 0 Å². The molecule has 19 heavy (non-hydrogen) atoms. The number of hydrogen-bond donors (Lipinski definition) is 2. The first-order valence-electron chi connectivity index (χ1n) is 6.89. The van der Waals surface area contributed by atoms with Gasteiger partial charge in [0.25, 0.3) is 0 Å². The summed E-state index contributed by atoms with van der Waals surface area (Å²) in [7, 11) is 0. The van der Waals surface area contributed by atoms with Crippen molar-refractivity contribution < 1.29 is 4.74 Å². The Morgan fingerprint density at radius 2 is 2.11 bits per heavy atom. The Labute approximate surface area is 123 Å². The summed E-state index contributed by atoms with van der Waals surface area (Å²) in [4.78, 5) is 4.44. The number of aryl methyl sites for hydroxylation is 1. The maximum atomic E-state index is 5.87. The van der Waals surface area contributed by atoms with Crippen LogP contribution in [0.15, 0.2) is 16.6 Å². The van der Waals surface area contributed by atoms with Crippen molar-refractivity contribution in [3.63, 3.8) is 0 Å². The quantitative estimate of drug-likeness (QED) is 0.816. The predicted molar refractivity (Wildman–Crippen MR) is 81.3 cm³/mol. The lowest BCUT2D eigenvalue weighted by molar-refractivity contribution is 0.0313. The number of rotatable bonds is 5. The van der Waals surface area contributed by atoms with Crippen LogP contribution in [-0.4, -0.2) is 30.3 Å². The normalized spacial score (nSPS) is 23.3. The van der Waals surface area contributed by atoms with Gasteiger partial charge >= 0.3 is 0 Å². The van der Waals surface area contributed by atoms with Gasteiger partial charge in [-0.25, -0.2) is 4.98 Å². The first-order chi connectivity index (χ1) is 9.15.